The lowest BCUT2D eigenvalue weighted by Gasteiger charge is -2.27. The van der Waals surface area contributed by atoms with E-state index in [0.717, 1.165) is 46.4 Å². The highest BCUT2D eigenvalue weighted by atomic mass is 16.2. The maximum atomic E-state index is 13.2. The first-order valence-electron chi connectivity index (χ1n) is 13.6. The van der Waals surface area contributed by atoms with Gasteiger partial charge in [0.2, 0.25) is 0 Å². The Kier molecular flexibility index (Phi) is 6.87. The van der Waals surface area contributed by atoms with Gasteiger partial charge in [-0.25, -0.2) is 0 Å². The number of carbonyl (C=O) groups excluding carboxylic acids is 2. The Balaban J connectivity index is 1.33. The fraction of sp³-hybridized carbons (Fsp3) is 0.111. The van der Waals surface area contributed by atoms with Gasteiger partial charge in [-0.05, 0) is 78.5 Å². The smallest absolute Gasteiger partial charge is 0.261 e. The molecule has 0 N–H and O–H groups in total. The van der Waals surface area contributed by atoms with Crippen LogP contribution in [0.2, 0.25) is 0 Å². The first-order chi connectivity index (χ1) is 19.7. The summed E-state index contributed by atoms with van der Waals surface area (Å²) in [4.78, 5) is 29.9. The highest BCUT2D eigenvalue weighted by Crippen LogP contribution is 2.34. The summed E-state index contributed by atoms with van der Waals surface area (Å²) in [5, 5.41) is 1.53. The van der Waals surface area contributed by atoms with Crippen molar-refractivity contribution in [3.8, 4) is 11.8 Å². The van der Waals surface area contributed by atoms with Crippen molar-refractivity contribution in [2.45, 2.75) is 19.8 Å². The van der Waals surface area contributed by atoms with Crippen LogP contribution in [0.4, 0.5) is 17.1 Å². The van der Waals surface area contributed by atoms with Gasteiger partial charge < -0.3 is 4.90 Å². The van der Waals surface area contributed by atoms with Crippen molar-refractivity contribution in [2.75, 3.05) is 11.4 Å². The summed E-state index contributed by atoms with van der Waals surface area (Å²) in [6.45, 7) is 2.49. The summed E-state index contributed by atoms with van der Waals surface area (Å²) in [7, 11) is 0. The number of nitrogens with zero attached hydrogens (tertiary/aromatic N) is 2. The molecule has 0 atom stereocenters. The molecule has 6 rings (SSSR count). The second kappa shape index (κ2) is 10.9. The molecule has 5 aromatic carbocycles. The molecule has 0 bridgehead atoms. The SMILES string of the molecule is CCCCN1C(=O)c2cccc3c(C#Cc4ccc(N(c5ccccc5)c5ccccc5)cc4)ccc(c23)C1=O. The predicted molar refractivity (Wildman–Crippen MR) is 161 cm³/mol. The molecule has 2 amide bonds. The Morgan fingerprint density at radius 3 is 1.85 bits per heavy atom. The average Bonchev–Trinajstić information content (AvgIpc) is 3.01. The van der Waals surface area contributed by atoms with Gasteiger partial charge in [0.05, 0.1) is 0 Å². The number of unbranched alkanes of at least 4 members (excludes halogenated alkanes) is 1. The molecular weight excluding hydrogens is 492 g/mol. The van der Waals surface area contributed by atoms with Crippen molar-refractivity contribution in [3.05, 3.63) is 138 Å². The van der Waals surface area contributed by atoms with Crippen molar-refractivity contribution >= 4 is 39.6 Å². The molecule has 0 aliphatic carbocycles. The van der Waals surface area contributed by atoms with Crippen LogP contribution >= 0.6 is 0 Å². The number of anilines is 3. The van der Waals surface area contributed by atoms with Crippen LogP contribution in [0.3, 0.4) is 0 Å². The Labute approximate surface area is 234 Å². The number of hydrogen-bond donors (Lipinski definition) is 0. The van der Waals surface area contributed by atoms with E-state index < -0.39 is 0 Å². The van der Waals surface area contributed by atoms with Crippen LogP contribution in [-0.2, 0) is 0 Å². The Bertz CT molecular complexity index is 1700. The number of imide groups is 1. The molecule has 1 aliphatic heterocycles. The van der Waals surface area contributed by atoms with E-state index in [1.807, 2.05) is 72.8 Å². The number of carbonyl (C=O) groups is 2. The molecule has 4 nitrogen and oxygen atoms in total. The van der Waals surface area contributed by atoms with Gasteiger partial charge in [0.25, 0.3) is 11.8 Å². The molecule has 0 saturated heterocycles. The zero-order valence-corrected chi connectivity index (χ0v) is 22.3. The standard InChI is InChI=1S/C36H28N2O2/c1-2-3-25-37-35(39)32-16-10-15-31-27(21-24-33(34(31)32)36(37)40)20-17-26-18-22-30(23-19-26)38(28-11-6-4-7-12-28)29-13-8-5-9-14-29/h4-16,18-19,21-24H,2-3,25H2,1H3. The molecule has 0 saturated carbocycles. The summed E-state index contributed by atoms with van der Waals surface area (Å²) in [5.74, 6) is 6.13. The largest absolute Gasteiger partial charge is 0.311 e. The summed E-state index contributed by atoms with van der Waals surface area (Å²) >= 11 is 0. The average molecular weight is 521 g/mol. The van der Waals surface area contributed by atoms with E-state index in [2.05, 4.69) is 60.1 Å². The minimum absolute atomic E-state index is 0.223. The van der Waals surface area contributed by atoms with Gasteiger partial charge in [0.15, 0.2) is 0 Å². The monoisotopic (exact) mass is 520 g/mol. The number of amides is 2. The molecule has 0 unspecified atom stereocenters. The third-order valence-corrected chi connectivity index (χ3v) is 7.22. The van der Waals surface area contributed by atoms with E-state index in [9.17, 15) is 9.59 Å². The zero-order valence-electron chi connectivity index (χ0n) is 22.3. The molecule has 0 radical (unpaired) electrons. The van der Waals surface area contributed by atoms with Gasteiger partial charge in [0, 0.05) is 51.2 Å². The van der Waals surface area contributed by atoms with Crippen LogP contribution in [0.15, 0.2) is 115 Å². The maximum absolute atomic E-state index is 13.2. The van der Waals surface area contributed by atoms with E-state index in [1.165, 1.54) is 4.90 Å². The number of hydrogen-bond acceptors (Lipinski definition) is 3. The van der Waals surface area contributed by atoms with Crippen LogP contribution in [0, 0.1) is 11.8 Å². The van der Waals surface area contributed by atoms with E-state index in [0.29, 0.717) is 23.1 Å². The number of rotatable bonds is 6. The first-order valence-corrected chi connectivity index (χ1v) is 13.6. The lowest BCUT2D eigenvalue weighted by molar-refractivity contribution is 0.0608. The fourth-order valence-corrected chi connectivity index (χ4v) is 5.21. The van der Waals surface area contributed by atoms with Crippen LogP contribution in [0.1, 0.15) is 51.6 Å². The Morgan fingerprint density at radius 1 is 0.625 bits per heavy atom. The number of benzene rings is 5. The first kappa shape index (κ1) is 25.2. The van der Waals surface area contributed by atoms with Gasteiger partial charge >= 0.3 is 0 Å². The van der Waals surface area contributed by atoms with Crippen LogP contribution in [0.5, 0.6) is 0 Å². The molecule has 4 heteroatoms. The third kappa shape index (κ3) is 4.63. The van der Waals surface area contributed by atoms with E-state index in [-0.39, 0.29) is 11.8 Å². The predicted octanol–water partition coefficient (Wildman–Crippen LogP) is 8.11. The third-order valence-electron chi connectivity index (χ3n) is 7.22. The van der Waals surface area contributed by atoms with Crippen molar-refractivity contribution in [3.63, 3.8) is 0 Å². The molecule has 1 aliphatic rings. The van der Waals surface area contributed by atoms with Crippen molar-refractivity contribution in [1.82, 2.24) is 4.90 Å². The van der Waals surface area contributed by atoms with Crippen molar-refractivity contribution in [2.24, 2.45) is 0 Å². The highest BCUT2D eigenvalue weighted by Gasteiger charge is 2.32. The van der Waals surface area contributed by atoms with E-state index >= 15 is 0 Å². The minimum Gasteiger partial charge on any atom is -0.311 e. The van der Waals surface area contributed by atoms with E-state index in [4.69, 9.17) is 0 Å². The van der Waals surface area contributed by atoms with E-state index in [1.54, 1.807) is 6.07 Å². The second-order valence-corrected chi connectivity index (χ2v) is 9.81. The van der Waals surface area contributed by atoms with Crippen LogP contribution < -0.4 is 4.90 Å². The fourth-order valence-electron chi connectivity index (χ4n) is 5.21. The van der Waals surface area contributed by atoms with Gasteiger partial charge in [-0.15, -0.1) is 0 Å². The summed E-state index contributed by atoms with van der Waals surface area (Å²) in [6, 6.07) is 38.1. The van der Waals surface area contributed by atoms with Crippen LogP contribution in [0.25, 0.3) is 10.8 Å². The molecule has 0 fully saturated rings. The lowest BCUT2D eigenvalue weighted by Crippen LogP contribution is -2.40. The van der Waals surface area contributed by atoms with Crippen molar-refractivity contribution in [1.29, 1.82) is 0 Å². The molecule has 0 aromatic heterocycles. The molecule has 1 heterocycles. The molecule has 40 heavy (non-hydrogen) atoms. The van der Waals surface area contributed by atoms with Gasteiger partial charge in [0.1, 0.15) is 0 Å². The summed E-state index contributed by atoms with van der Waals surface area (Å²) in [6.07, 6.45) is 1.71. The molecule has 0 spiro atoms. The quantitative estimate of drug-likeness (QED) is 0.168. The zero-order chi connectivity index (χ0) is 27.5. The normalized spacial score (nSPS) is 12.3. The maximum Gasteiger partial charge on any atom is 0.261 e. The van der Waals surface area contributed by atoms with Crippen LogP contribution in [-0.4, -0.2) is 23.3 Å². The Morgan fingerprint density at radius 2 is 1.23 bits per heavy atom. The lowest BCUT2D eigenvalue weighted by atomic mass is 9.91. The summed E-state index contributed by atoms with van der Waals surface area (Å²) < 4.78 is 0. The second-order valence-electron chi connectivity index (χ2n) is 9.81. The van der Waals surface area contributed by atoms with Gasteiger partial charge in [-0.2, -0.15) is 0 Å². The molecule has 5 aromatic rings. The summed E-state index contributed by atoms with van der Waals surface area (Å²) in [5.41, 5.74) is 6.00. The topological polar surface area (TPSA) is 40.6 Å². The molecular formula is C36H28N2O2. The highest BCUT2D eigenvalue weighted by molar-refractivity contribution is 6.26. The van der Waals surface area contributed by atoms with Gasteiger partial charge in [-0.3, -0.25) is 14.5 Å². The van der Waals surface area contributed by atoms with Crippen molar-refractivity contribution < 1.29 is 9.59 Å². The number of para-hydroxylation sites is 2. The Hall–Kier alpha value is -5.14. The minimum atomic E-state index is -0.223. The van der Waals surface area contributed by atoms with Gasteiger partial charge in [-0.1, -0.05) is 73.7 Å². The molecule has 194 valence electrons.